The summed E-state index contributed by atoms with van der Waals surface area (Å²) in [5, 5.41) is 2.18. The molecule has 0 radical (unpaired) electrons. The Labute approximate surface area is 151 Å². The van der Waals surface area contributed by atoms with Gasteiger partial charge in [-0.3, -0.25) is 0 Å². The van der Waals surface area contributed by atoms with Gasteiger partial charge in [0.2, 0.25) is 5.13 Å². The Morgan fingerprint density at radius 3 is 2.76 bits per heavy atom. The molecule has 0 bridgehead atoms. The summed E-state index contributed by atoms with van der Waals surface area (Å²) in [6, 6.07) is 6.36. The predicted molar refractivity (Wildman–Crippen MR) is 103 cm³/mol. The molecule has 1 saturated heterocycles. The van der Waals surface area contributed by atoms with Gasteiger partial charge in [0.05, 0.1) is 5.52 Å². The highest BCUT2D eigenvalue weighted by Crippen LogP contribution is 2.26. The zero-order chi connectivity index (χ0) is 17.2. The Kier molecular flexibility index (Phi) is 4.48. The fourth-order valence-corrected chi connectivity index (χ4v) is 4.05. The molecule has 0 atom stereocenters. The summed E-state index contributed by atoms with van der Waals surface area (Å²) in [6.45, 7) is 8.09. The van der Waals surface area contributed by atoms with Crippen molar-refractivity contribution >= 4 is 33.4 Å². The summed E-state index contributed by atoms with van der Waals surface area (Å²) >= 11 is 1.51. The maximum absolute atomic E-state index is 4.64. The largest absolute Gasteiger partial charge is 0.354 e. The summed E-state index contributed by atoms with van der Waals surface area (Å²) in [5.41, 5.74) is 2.24. The smallest absolute Gasteiger partial charge is 0.205 e. The van der Waals surface area contributed by atoms with Crippen LogP contribution in [0.3, 0.4) is 0 Å². The van der Waals surface area contributed by atoms with Crippen molar-refractivity contribution in [1.82, 2.24) is 19.3 Å². The van der Waals surface area contributed by atoms with E-state index >= 15 is 0 Å². The van der Waals surface area contributed by atoms with E-state index in [9.17, 15) is 0 Å². The van der Waals surface area contributed by atoms with Crippen molar-refractivity contribution in [3.63, 3.8) is 0 Å². The van der Waals surface area contributed by atoms with Crippen molar-refractivity contribution < 1.29 is 0 Å². The van der Waals surface area contributed by atoms with E-state index in [0.29, 0.717) is 0 Å². The van der Waals surface area contributed by atoms with Crippen molar-refractivity contribution in [2.24, 2.45) is 0 Å². The molecule has 25 heavy (non-hydrogen) atoms. The molecule has 7 heteroatoms. The van der Waals surface area contributed by atoms with Gasteiger partial charge in [-0.1, -0.05) is 18.6 Å². The molecule has 3 heterocycles. The first-order chi connectivity index (χ1) is 12.2. The number of rotatable bonds is 3. The topological polar surface area (TPSA) is 58.0 Å². The molecular formula is C18H22N6S. The highest BCUT2D eigenvalue weighted by Gasteiger charge is 2.20. The third-order valence-corrected chi connectivity index (χ3v) is 5.42. The van der Waals surface area contributed by atoms with Crippen LogP contribution >= 0.6 is 11.5 Å². The van der Waals surface area contributed by atoms with Crippen LogP contribution in [-0.4, -0.2) is 45.5 Å². The number of aromatic nitrogens is 4. The summed E-state index contributed by atoms with van der Waals surface area (Å²) in [4.78, 5) is 18.4. The highest BCUT2D eigenvalue weighted by atomic mass is 32.1. The average Bonchev–Trinajstić information content (AvgIpc) is 2.98. The fourth-order valence-electron chi connectivity index (χ4n) is 3.25. The van der Waals surface area contributed by atoms with E-state index in [1.807, 2.05) is 0 Å². The van der Waals surface area contributed by atoms with Crippen LogP contribution in [0, 0.1) is 6.92 Å². The van der Waals surface area contributed by atoms with E-state index in [0.717, 1.165) is 66.7 Å². The molecule has 0 amide bonds. The van der Waals surface area contributed by atoms with Gasteiger partial charge in [0, 0.05) is 49.5 Å². The lowest BCUT2D eigenvalue weighted by molar-refractivity contribution is 0.797. The third-order valence-electron chi connectivity index (χ3n) is 4.61. The highest BCUT2D eigenvalue weighted by molar-refractivity contribution is 7.09. The van der Waals surface area contributed by atoms with Crippen LogP contribution in [0.25, 0.3) is 10.9 Å². The summed E-state index contributed by atoms with van der Waals surface area (Å²) < 4.78 is 4.42. The molecule has 6 nitrogen and oxygen atoms in total. The number of hydrogen-bond acceptors (Lipinski definition) is 7. The molecule has 0 N–H and O–H groups in total. The molecule has 0 saturated carbocycles. The maximum Gasteiger partial charge on any atom is 0.205 e. The standard InChI is InChI=1S/C18H22N6S/c1-3-16-21-18(25-22-16)24-8-4-7-23(9-10-24)17-14-11-13(2)5-6-15(14)19-12-20-17/h5-6,11-12H,3-4,7-10H2,1-2H3. The Morgan fingerprint density at radius 2 is 1.92 bits per heavy atom. The van der Waals surface area contributed by atoms with Crippen LogP contribution in [-0.2, 0) is 6.42 Å². The number of nitrogens with zero attached hydrogens (tertiary/aromatic N) is 6. The summed E-state index contributed by atoms with van der Waals surface area (Å²) in [6.07, 6.45) is 3.65. The van der Waals surface area contributed by atoms with E-state index in [2.05, 4.69) is 61.2 Å². The minimum Gasteiger partial charge on any atom is -0.354 e. The molecule has 1 aliphatic heterocycles. The zero-order valence-corrected chi connectivity index (χ0v) is 15.5. The van der Waals surface area contributed by atoms with Crippen LogP contribution in [0.5, 0.6) is 0 Å². The average molecular weight is 354 g/mol. The second-order valence-electron chi connectivity index (χ2n) is 6.39. The molecule has 0 aliphatic carbocycles. The third kappa shape index (κ3) is 3.28. The minimum atomic E-state index is 0.892. The molecule has 130 valence electrons. The molecule has 4 rings (SSSR count). The van der Waals surface area contributed by atoms with Crippen molar-refractivity contribution in [2.75, 3.05) is 36.0 Å². The number of benzene rings is 1. The van der Waals surface area contributed by atoms with Gasteiger partial charge < -0.3 is 9.80 Å². The van der Waals surface area contributed by atoms with Crippen molar-refractivity contribution in [3.8, 4) is 0 Å². The van der Waals surface area contributed by atoms with Crippen molar-refractivity contribution in [2.45, 2.75) is 26.7 Å². The fraction of sp³-hybridized carbons (Fsp3) is 0.444. The lowest BCUT2D eigenvalue weighted by Crippen LogP contribution is -2.31. The first-order valence-electron chi connectivity index (χ1n) is 8.78. The van der Waals surface area contributed by atoms with Crippen LogP contribution in [0.2, 0.25) is 0 Å². The Hall–Kier alpha value is -2.28. The number of hydrogen-bond donors (Lipinski definition) is 0. The van der Waals surface area contributed by atoms with E-state index in [1.54, 1.807) is 6.33 Å². The molecule has 1 aromatic carbocycles. The molecule has 0 unspecified atom stereocenters. The Balaban J connectivity index is 1.58. The second-order valence-corrected chi connectivity index (χ2v) is 7.12. The molecule has 3 aromatic rings. The minimum absolute atomic E-state index is 0.892. The molecule has 1 aliphatic rings. The van der Waals surface area contributed by atoms with Gasteiger partial charge >= 0.3 is 0 Å². The van der Waals surface area contributed by atoms with E-state index < -0.39 is 0 Å². The van der Waals surface area contributed by atoms with Gasteiger partial charge in [-0.05, 0) is 25.5 Å². The van der Waals surface area contributed by atoms with Crippen molar-refractivity contribution in [3.05, 3.63) is 35.9 Å². The molecule has 1 fully saturated rings. The first kappa shape index (κ1) is 16.2. The lowest BCUT2D eigenvalue weighted by Gasteiger charge is -2.23. The number of anilines is 2. The second kappa shape index (κ2) is 6.92. The van der Waals surface area contributed by atoms with Gasteiger partial charge in [0.15, 0.2) is 0 Å². The summed E-state index contributed by atoms with van der Waals surface area (Å²) in [5.74, 6) is 1.99. The van der Waals surface area contributed by atoms with E-state index in [1.165, 1.54) is 17.1 Å². The van der Waals surface area contributed by atoms with Gasteiger partial charge in [-0.25, -0.2) is 15.0 Å². The van der Waals surface area contributed by atoms with Gasteiger partial charge in [-0.2, -0.15) is 4.37 Å². The van der Waals surface area contributed by atoms with E-state index in [4.69, 9.17) is 0 Å². The number of aryl methyl sites for hydroxylation is 2. The van der Waals surface area contributed by atoms with Crippen LogP contribution in [0.15, 0.2) is 24.5 Å². The summed E-state index contributed by atoms with van der Waals surface area (Å²) in [7, 11) is 0. The van der Waals surface area contributed by atoms with Crippen LogP contribution in [0.4, 0.5) is 10.9 Å². The Morgan fingerprint density at radius 1 is 1.08 bits per heavy atom. The van der Waals surface area contributed by atoms with Crippen molar-refractivity contribution in [1.29, 1.82) is 0 Å². The monoisotopic (exact) mass is 354 g/mol. The van der Waals surface area contributed by atoms with Crippen LogP contribution in [0.1, 0.15) is 24.7 Å². The molecule has 0 spiro atoms. The maximum atomic E-state index is 4.64. The predicted octanol–water partition coefficient (Wildman–Crippen LogP) is 3.07. The quantitative estimate of drug-likeness (QED) is 0.720. The molecule has 2 aromatic heterocycles. The lowest BCUT2D eigenvalue weighted by atomic mass is 10.1. The Bertz CT molecular complexity index is 877. The normalized spacial score (nSPS) is 15.6. The van der Waals surface area contributed by atoms with E-state index in [-0.39, 0.29) is 0 Å². The first-order valence-corrected chi connectivity index (χ1v) is 9.56. The SMILES string of the molecule is CCc1nsc(N2CCCN(c3ncnc4ccc(C)cc34)CC2)n1. The molecular weight excluding hydrogens is 332 g/mol. The van der Waals surface area contributed by atoms with Gasteiger partial charge in [-0.15, -0.1) is 0 Å². The van der Waals surface area contributed by atoms with Gasteiger partial charge in [0.25, 0.3) is 0 Å². The zero-order valence-electron chi connectivity index (χ0n) is 14.6. The van der Waals surface area contributed by atoms with Gasteiger partial charge in [0.1, 0.15) is 18.0 Å². The number of fused-ring (bicyclic) bond motifs is 1. The van der Waals surface area contributed by atoms with Crippen LogP contribution < -0.4 is 9.80 Å².